The first-order valence-electron chi connectivity index (χ1n) is 10.3. The standard InChI is InChI=1S/C23H32N4OS/c1-24-23(25-13-16-29-22-5-3-2-4-6-22)26-17-19-7-9-20(10-8-19)18-27-14-11-21(28)12-15-27/h2-10,21,28H,11-18H2,1H3,(H2,24,25,26). The first kappa shape index (κ1) is 21.7. The highest BCUT2D eigenvalue weighted by molar-refractivity contribution is 7.99. The van der Waals surface area contributed by atoms with Crippen molar-refractivity contribution in [2.75, 3.05) is 32.4 Å². The Morgan fingerprint density at radius 3 is 2.41 bits per heavy atom. The molecule has 2 aromatic carbocycles. The fourth-order valence-corrected chi connectivity index (χ4v) is 4.15. The molecule has 1 aliphatic rings. The van der Waals surface area contributed by atoms with Gasteiger partial charge in [0.15, 0.2) is 5.96 Å². The van der Waals surface area contributed by atoms with Gasteiger partial charge in [-0.05, 0) is 36.1 Å². The maximum atomic E-state index is 9.62. The van der Waals surface area contributed by atoms with Crippen LogP contribution in [0.2, 0.25) is 0 Å². The molecule has 0 unspecified atom stereocenters. The topological polar surface area (TPSA) is 59.9 Å². The minimum absolute atomic E-state index is 0.111. The molecule has 0 aromatic heterocycles. The number of rotatable bonds is 8. The maximum Gasteiger partial charge on any atom is 0.191 e. The lowest BCUT2D eigenvalue weighted by atomic mass is 10.1. The summed E-state index contributed by atoms with van der Waals surface area (Å²) in [6, 6.07) is 19.2. The number of guanidine groups is 1. The third-order valence-electron chi connectivity index (χ3n) is 5.08. The highest BCUT2D eigenvalue weighted by Gasteiger charge is 2.16. The van der Waals surface area contributed by atoms with E-state index in [1.54, 1.807) is 7.05 Å². The maximum absolute atomic E-state index is 9.62. The molecule has 0 saturated carbocycles. The van der Waals surface area contributed by atoms with Gasteiger partial charge in [-0.25, -0.2) is 0 Å². The number of hydrogen-bond acceptors (Lipinski definition) is 4. The Morgan fingerprint density at radius 2 is 1.72 bits per heavy atom. The van der Waals surface area contributed by atoms with Crippen LogP contribution in [0.5, 0.6) is 0 Å². The second kappa shape index (κ2) is 11.9. The number of aliphatic hydroxyl groups is 1. The third kappa shape index (κ3) is 7.72. The predicted octanol–water partition coefficient (Wildman–Crippen LogP) is 3.10. The zero-order valence-corrected chi connectivity index (χ0v) is 18.0. The molecule has 3 rings (SSSR count). The molecule has 1 aliphatic heterocycles. The zero-order valence-electron chi connectivity index (χ0n) is 17.2. The fourth-order valence-electron chi connectivity index (χ4n) is 3.36. The summed E-state index contributed by atoms with van der Waals surface area (Å²) in [4.78, 5) is 8.01. The van der Waals surface area contributed by atoms with Crippen molar-refractivity contribution in [3.8, 4) is 0 Å². The Kier molecular flexibility index (Phi) is 8.86. The van der Waals surface area contributed by atoms with Crippen LogP contribution in [-0.4, -0.2) is 54.5 Å². The van der Waals surface area contributed by atoms with Crippen molar-refractivity contribution in [3.63, 3.8) is 0 Å². The second-order valence-electron chi connectivity index (χ2n) is 7.34. The van der Waals surface area contributed by atoms with E-state index in [4.69, 9.17) is 0 Å². The summed E-state index contributed by atoms with van der Waals surface area (Å²) in [7, 11) is 1.80. The van der Waals surface area contributed by atoms with Gasteiger partial charge in [-0.3, -0.25) is 9.89 Å². The Hall–Kier alpha value is -2.02. The van der Waals surface area contributed by atoms with Gasteiger partial charge in [0, 0.05) is 50.4 Å². The monoisotopic (exact) mass is 412 g/mol. The van der Waals surface area contributed by atoms with Gasteiger partial charge in [-0.2, -0.15) is 0 Å². The summed E-state index contributed by atoms with van der Waals surface area (Å²) in [5.41, 5.74) is 2.56. The van der Waals surface area contributed by atoms with E-state index in [1.807, 2.05) is 17.8 Å². The normalized spacial score (nSPS) is 16.0. The highest BCUT2D eigenvalue weighted by atomic mass is 32.2. The number of aliphatic imine (C=N–C) groups is 1. The number of aliphatic hydroxyl groups excluding tert-OH is 1. The molecule has 0 aliphatic carbocycles. The average Bonchev–Trinajstić information content (AvgIpc) is 2.76. The van der Waals surface area contributed by atoms with Crippen LogP contribution in [0.3, 0.4) is 0 Å². The number of nitrogens with zero attached hydrogens (tertiary/aromatic N) is 2. The Morgan fingerprint density at radius 1 is 1.03 bits per heavy atom. The van der Waals surface area contributed by atoms with E-state index in [2.05, 4.69) is 69.1 Å². The van der Waals surface area contributed by atoms with Crippen molar-refractivity contribution in [2.45, 2.75) is 36.9 Å². The summed E-state index contributed by atoms with van der Waals surface area (Å²) in [5, 5.41) is 16.4. The number of hydrogen-bond donors (Lipinski definition) is 3. The number of nitrogens with one attached hydrogen (secondary N) is 2. The van der Waals surface area contributed by atoms with Crippen molar-refractivity contribution in [2.24, 2.45) is 4.99 Å². The van der Waals surface area contributed by atoms with Gasteiger partial charge in [-0.15, -0.1) is 11.8 Å². The Labute approximate surface area is 178 Å². The van der Waals surface area contributed by atoms with Crippen LogP contribution < -0.4 is 10.6 Å². The van der Waals surface area contributed by atoms with Crippen molar-refractivity contribution in [1.82, 2.24) is 15.5 Å². The van der Waals surface area contributed by atoms with Gasteiger partial charge in [-0.1, -0.05) is 42.5 Å². The quantitative estimate of drug-likeness (QED) is 0.269. The fraction of sp³-hybridized carbons (Fsp3) is 0.435. The lowest BCUT2D eigenvalue weighted by Gasteiger charge is -2.29. The lowest BCUT2D eigenvalue weighted by molar-refractivity contribution is 0.0792. The molecule has 2 aromatic rings. The molecule has 0 atom stereocenters. The first-order valence-corrected chi connectivity index (χ1v) is 11.3. The minimum Gasteiger partial charge on any atom is -0.393 e. The molecule has 1 fully saturated rings. The van der Waals surface area contributed by atoms with Gasteiger partial charge in [0.05, 0.1) is 6.10 Å². The molecule has 156 valence electrons. The van der Waals surface area contributed by atoms with E-state index in [0.29, 0.717) is 0 Å². The molecule has 6 heteroatoms. The van der Waals surface area contributed by atoms with Gasteiger partial charge in [0.1, 0.15) is 0 Å². The molecule has 5 nitrogen and oxygen atoms in total. The second-order valence-corrected chi connectivity index (χ2v) is 8.51. The molecule has 1 saturated heterocycles. The number of piperidine rings is 1. The van der Waals surface area contributed by atoms with Crippen LogP contribution in [0.1, 0.15) is 24.0 Å². The molecule has 3 N–H and O–H groups in total. The van der Waals surface area contributed by atoms with Crippen LogP contribution in [0.4, 0.5) is 0 Å². The minimum atomic E-state index is -0.111. The number of thioether (sulfide) groups is 1. The molecular weight excluding hydrogens is 380 g/mol. The largest absolute Gasteiger partial charge is 0.393 e. The van der Waals surface area contributed by atoms with E-state index in [-0.39, 0.29) is 6.10 Å². The predicted molar refractivity (Wildman–Crippen MR) is 122 cm³/mol. The average molecular weight is 413 g/mol. The van der Waals surface area contributed by atoms with Crippen molar-refractivity contribution in [1.29, 1.82) is 0 Å². The van der Waals surface area contributed by atoms with Crippen LogP contribution in [-0.2, 0) is 13.1 Å². The van der Waals surface area contributed by atoms with Crippen molar-refractivity contribution >= 4 is 17.7 Å². The summed E-state index contributed by atoms with van der Waals surface area (Å²) in [6.07, 6.45) is 1.66. The van der Waals surface area contributed by atoms with Gasteiger partial charge in [0.25, 0.3) is 0 Å². The summed E-state index contributed by atoms with van der Waals surface area (Å²) < 4.78 is 0. The molecular formula is C23H32N4OS. The zero-order chi connectivity index (χ0) is 20.3. The number of likely N-dealkylation sites (tertiary alicyclic amines) is 1. The SMILES string of the molecule is CN=C(NCCSc1ccccc1)NCc1ccc(CN2CCC(O)CC2)cc1. The summed E-state index contributed by atoms with van der Waals surface area (Å²) >= 11 is 1.84. The lowest BCUT2D eigenvalue weighted by Crippen LogP contribution is -2.38. The van der Waals surface area contributed by atoms with Gasteiger partial charge >= 0.3 is 0 Å². The van der Waals surface area contributed by atoms with Gasteiger partial charge < -0.3 is 15.7 Å². The Bertz CT molecular complexity index is 743. The summed E-state index contributed by atoms with van der Waals surface area (Å²) in [6.45, 7) is 4.54. The van der Waals surface area contributed by atoms with E-state index < -0.39 is 0 Å². The van der Waals surface area contributed by atoms with Crippen molar-refractivity contribution < 1.29 is 5.11 Å². The van der Waals surface area contributed by atoms with E-state index >= 15 is 0 Å². The molecule has 0 bridgehead atoms. The Balaban J connectivity index is 1.35. The highest BCUT2D eigenvalue weighted by Crippen LogP contribution is 2.16. The van der Waals surface area contributed by atoms with Crippen LogP contribution >= 0.6 is 11.8 Å². The van der Waals surface area contributed by atoms with Gasteiger partial charge in [0.2, 0.25) is 0 Å². The summed E-state index contributed by atoms with van der Waals surface area (Å²) in [5.74, 6) is 1.82. The molecule has 0 spiro atoms. The van der Waals surface area contributed by atoms with Crippen LogP contribution in [0.15, 0.2) is 64.5 Å². The third-order valence-corrected chi connectivity index (χ3v) is 6.09. The van der Waals surface area contributed by atoms with Crippen molar-refractivity contribution in [3.05, 3.63) is 65.7 Å². The van der Waals surface area contributed by atoms with E-state index in [9.17, 15) is 5.11 Å². The van der Waals surface area contributed by atoms with E-state index in [1.165, 1.54) is 16.0 Å². The van der Waals surface area contributed by atoms with Crippen LogP contribution in [0.25, 0.3) is 0 Å². The molecule has 29 heavy (non-hydrogen) atoms. The molecule has 0 amide bonds. The molecule has 0 radical (unpaired) electrons. The van der Waals surface area contributed by atoms with Crippen LogP contribution in [0, 0.1) is 0 Å². The number of benzene rings is 2. The first-order chi connectivity index (χ1) is 14.2. The smallest absolute Gasteiger partial charge is 0.191 e. The van der Waals surface area contributed by atoms with E-state index in [0.717, 1.165) is 57.3 Å². The molecule has 1 heterocycles.